The largest absolute Gasteiger partial charge is 0.338 e. The monoisotopic (exact) mass is 366 g/mol. The van der Waals surface area contributed by atoms with Gasteiger partial charge in [-0.1, -0.05) is 6.92 Å². The lowest BCUT2D eigenvalue weighted by Crippen LogP contribution is -2.42. The third-order valence-electron chi connectivity index (χ3n) is 5.90. The van der Waals surface area contributed by atoms with Crippen LogP contribution in [0.2, 0.25) is 0 Å². The van der Waals surface area contributed by atoms with E-state index in [0.717, 1.165) is 36.9 Å². The predicted molar refractivity (Wildman–Crippen MR) is 97.5 cm³/mol. The summed E-state index contributed by atoms with van der Waals surface area (Å²) in [4.78, 5) is 34.0. The minimum Gasteiger partial charge on any atom is -0.338 e. The van der Waals surface area contributed by atoms with Gasteiger partial charge in [-0.25, -0.2) is 9.67 Å². The van der Waals surface area contributed by atoms with Crippen LogP contribution in [0.5, 0.6) is 0 Å². The van der Waals surface area contributed by atoms with Crippen molar-refractivity contribution in [1.82, 2.24) is 24.6 Å². The first-order valence-corrected chi connectivity index (χ1v) is 9.43. The lowest BCUT2D eigenvalue weighted by atomic mass is 9.77. The topological polar surface area (TPSA) is 108 Å². The summed E-state index contributed by atoms with van der Waals surface area (Å²) >= 11 is 0. The number of nitrogens with one attached hydrogen (secondary N) is 1. The van der Waals surface area contributed by atoms with E-state index >= 15 is 0 Å². The average molecular weight is 366 g/mol. The van der Waals surface area contributed by atoms with Crippen LogP contribution in [0.4, 0.5) is 0 Å². The second kappa shape index (κ2) is 6.65. The maximum atomic E-state index is 12.8. The number of rotatable bonds is 3. The van der Waals surface area contributed by atoms with Crippen LogP contribution in [-0.2, 0) is 12.8 Å². The van der Waals surface area contributed by atoms with Crippen molar-refractivity contribution < 1.29 is 4.79 Å². The first-order chi connectivity index (χ1) is 13.0. The standard InChI is InChI=1S/C19H22N6O2/c1-2-19(12-20)6-8-24(9-7-19)17(27)13-10-21-25(11-13)18-22-15-5-3-4-14(15)16(26)23-18/h10-11H,2-9H2,1H3,(H,22,23,26). The van der Waals surface area contributed by atoms with Crippen molar-refractivity contribution in [3.8, 4) is 12.0 Å². The van der Waals surface area contributed by atoms with Gasteiger partial charge in [0.05, 0.1) is 28.9 Å². The molecular formula is C19H22N6O2. The Labute approximate surface area is 156 Å². The molecule has 2 aromatic heterocycles. The normalized spacial score (nSPS) is 18.1. The first kappa shape index (κ1) is 17.5. The Hall–Kier alpha value is -2.95. The molecule has 0 radical (unpaired) electrons. The van der Waals surface area contributed by atoms with Gasteiger partial charge in [-0.3, -0.25) is 14.6 Å². The number of H-pyrrole nitrogens is 1. The van der Waals surface area contributed by atoms with Gasteiger partial charge in [-0.05, 0) is 38.5 Å². The van der Waals surface area contributed by atoms with E-state index in [1.54, 1.807) is 11.1 Å². The molecule has 1 aliphatic heterocycles. The van der Waals surface area contributed by atoms with Crippen molar-refractivity contribution in [2.75, 3.05) is 13.1 Å². The van der Waals surface area contributed by atoms with Gasteiger partial charge in [-0.15, -0.1) is 0 Å². The van der Waals surface area contributed by atoms with Crippen LogP contribution in [0.3, 0.4) is 0 Å². The van der Waals surface area contributed by atoms with E-state index in [9.17, 15) is 14.9 Å². The quantitative estimate of drug-likeness (QED) is 0.888. The molecule has 140 valence electrons. The Morgan fingerprint density at radius 2 is 2.15 bits per heavy atom. The average Bonchev–Trinajstić information content (AvgIpc) is 3.37. The number of nitrogens with zero attached hydrogens (tertiary/aromatic N) is 5. The molecule has 0 unspecified atom stereocenters. The molecule has 2 aliphatic rings. The Morgan fingerprint density at radius 1 is 1.37 bits per heavy atom. The van der Waals surface area contributed by atoms with Crippen LogP contribution in [0.25, 0.3) is 5.95 Å². The molecule has 2 aromatic rings. The third-order valence-corrected chi connectivity index (χ3v) is 5.90. The predicted octanol–water partition coefficient (Wildman–Crippen LogP) is 1.60. The van der Waals surface area contributed by atoms with Gasteiger partial charge in [0.25, 0.3) is 11.5 Å². The summed E-state index contributed by atoms with van der Waals surface area (Å²) in [6.45, 7) is 3.16. The molecule has 27 heavy (non-hydrogen) atoms. The van der Waals surface area contributed by atoms with Gasteiger partial charge in [0.15, 0.2) is 0 Å². The van der Waals surface area contributed by atoms with Gasteiger partial charge in [0, 0.05) is 24.8 Å². The molecule has 1 aliphatic carbocycles. The highest BCUT2D eigenvalue weighted by molar-refractivity contribution is 5.93. The van der Waals surface area contributed by atoms with Crippen LogP contribution >= 0.6 is 0 Å². The highest BCUT2D eigenvalue weighted by Gasteiger charge is 2.35. The Kier molecular flexibility index (Phi) is 4.30. The first-order valence-electron chi connectivity index (χ1n) is 9.43. The van der Waals surface area contributed by atoms with E-state index in [0.29, 0.717) is 37.4 Å². The van der Waals surface area contributed by atoms with Crippen molar-refractivity contribution in [3.63, 3.8) is 0 Å². The zero-order valence-electron chi connectivity index (χ0n) is 15.4. The summed E-state index contributed by atoms with van der Waals surface area (Å²) in [7, 11) is 0. The maximum absolute atomic E-state index is 12.8. The molecule has 3 heterocycles. The summed E-state index contributed by atoms with van der Waals surface area (Å²) in [6, 6.07) is 2.42. The summed E-state index contributed by atoms with van der Waals surface area (Å²) < 4.78 is 1.45. The molecule has 0 atom stereocenters. The van der Waals surface area contributed by atoms with Crippen molar-refractivity contribution in [3.05, 3.63) is 39.6 Å². The van der Waals surface area contributed by atoms with Gasteiger partial charge in [-0.2, -0.15) is 10.4 Å². The number of aryl methyl sites for hydroxylation is 1. The number of carbonyl (C=O) groups excluding carboxylic acids is 1. The molecule has 1 N–H and O–H groups in total. The molecule has 8 nitrogen and oxygen atoms in total. The van der Waals surface area contributed by atoms with Gasteiger partial charge >= 0.3 is 0 Å². The van der Waals surface area contributed by atoms with Crippen molar-refractivity contribution in [2.24, 2.45) is 5.41 Å². The van der Waals surface area contributed by atoms with Crippen LogP contribution in [0, 0.1) is 16.7 Å². The number of piperidine rings is 1. The summed E-state index contributed by atoms with van der Waals surface area (Å²) in [5.74, 6) is 0.236. The van der Waals surface area contributed by atoms with Crippen LogP contribution in [-0.4, -0.2) is 43.6 Å². The molecule has 0 bridgehead atoms. The molecule has 0 spiro atoms. The zero-order chi connectivity index (χ0) is 19.0. The smallest absolute Gasteiger partial charge is 0.257 e. The molecule has 0 aromatic carbocycles. The van der Waals surface area contributed by atoms with E-state index in [1.807, 2.05) is 6.92 Å². The van der Waals surface area contributed by atoms with Crippen molar-refractivity contribution >= 4 is 5.91 Å². The molecule has 1 saturated heterocycles. The number of hydrogen-bond acceptors (Lipinski definition) is 5. The molecule has 1 fully saturated rings. The number of aromatic amines is 1. The number of likely N-dealkylation sites (tertiary alicyclic amines) is 1. The molecule has 4 rings (SSSR count). The second-order valence-electron chi connectivity index (χ2n) is 7.38. The summed E-state index contributed by atoms with van der Waals surface area (Å²) in [6.07, 6.45) is 7.80. The molecular weight excluding hydrogens is 344 g/mol. The second-order valence-corrected chi connectivity index (χ2v) is 7.38. The highest BCUT2D eigenvalue weighted by atomic mass is 16.2. The van der Waals surface area contributed by atoms with E-state index < -0.39 is 0 Å². The fourth-order valence-corrected chi connectivity index (χ4v) is 3.95. The Balaban J connectivity index is 1.52. The van der Waals surface area contributed by atoms with E-state index in [4.69, 9.17) is 0 Å². The van der Waals surface area contributed by atoms with Gasteiger partial charge < -0.3 is 4.90 Å². The summed E-state index contributed by atoms with van der Waals surface area (Å²) in [5.41, 5.74) is 1.60. The Bertz CT molecular complexity index is 975. The fraction of sp³-hybridized carbons (Fsp3) is 0.526. The van der Waals surface area contributed by atoms with Gasteiger partial charge in [0.1, 0.15) is 0 Å². The zero-order valence-corrected chi connectivity index (χ0v) is 15.4. The minimum absolute atomic E-state index is 0.104. The van der Waals surface area contributed by atoms with E-state index in [-0.39, 0.29) is 16.9 Å². The molecule has 8 heteroatoms. The number of amides is 1. The van der Waals surface area contributed by atoms with E-state index in [1.165, 1.54) is 10.9 Å². The lowest BCUT2D eigenvalue weighted by Gasteiger charge is -2.36. The number of nitriles is 1. The Morgan fingerprint density at radius 3 is 2.85 bits per heavy atom. The number of fused-ring (bicyclic) bond motifs is 1. The fourth-order valence-electron chi connectivity index (χ4n) is 3.95. The third kappa shape index (κ3) is 3.03. The summed E-state index contributed by atoms with van der Waals surface area (Å²) in [5, 5.41) is 13.6. The van der Waals surface area contributed by atoms with Crippen molar-refractivity contribution in [2.45, 2.75) is 45.4 Å². The van der Waals surface area contributed by atoms with Crippen LogP contribution < -0.4 is 5.56 Å². The number of aromatic nitrogens is 4. The highest BCUT2D eigenvalue weighted by Crippen LogP contribution is 2.34. The molecule has 0 saturated carbocycles. The lowest BCUT2D eigenvalue weighted by molar-refractivity contribution is 0.0643. The number of carbonyl (C=O) groups is 1. The SMILES string of the molecule is CCC1(C#N)CCN(C(=O)c2cnn(-c3nc4c(c(=O)[nH]3)CCC4)c2)CC1. The maximum Gasteiger partial charge on any atom is 0.257 e. The van der Waals surface area contributed by atoms with Crippen LogP contribution in [0.1, 0.15) is 54.2 Å². The van der Waals surface area contributed by atoms with Gasteiger partial charge in [0.2, 0.25) is 5.95 Å². The molecule has 1 amide bonds. The number of hydrogen-bond donors (Lipinski definition) is 1. The van der Waals surface area contributed by atoms with Crippen molar-refractivity contribution in [1.29, 1.82) is 5.26 Å². The minimum atomic E-state index is -0.311. The van der Waals surface area contributed by atoms with Crippen LogP contribution in [0.15, 0.2) is 17.2 Å². The van der Waals surface area contributed by atoms with E-state index in [2.05, 4.69) is 21.1 Å².